The first kappa shape index (κ1) is 16.8. The molecule has 0 bridgehead atoms. The third-order valence-corrected chi connectivity index (χ3v) is 4.04. The van der Waals surface area contributed by atoms with Crippen LogP contribution in [0.1, 0.15) is 32.1 Å². The average molecular weight is 344 g/mol. The van der Waals surface area contributed by atoms with Crippen LogP contribution in [0.15, 0.2) is 24.3 Å². The highest BCUT2D eigenvalue weighted by atomic mass is 16.6. The van der Waals surface area contributed by atoms with Crippen LogP contribution in [0.4, 0.5) is 29.2 Å². The summed E-state index contributed by atoms with van der Waals surface area (Å²) in [4.78, 5) is 23.0. The van der Waals surface area contributed by atoms with Crippen molar-refractivity contribution in [2.45, 2.75) is 38.1 Å². The number of nitrogens with one attached hydrogen (secondary N) is 3. The minimum absolute atomic E-state index is 0.0187. The minimum atomic E-state index is -0.449. The Morgan fingerprint density at radius 3 is 2.28 bits per heavy atom. The number of nitrogens with zero attached hydrogens (tertiary/aromatic N) is 4. The van der Waals surface area contributed by atoms with E-state index in [2.05, 4.69) is 31.0 Å². The molecule has 1 fully saturated rings. The van der Waals surface area contributed by atoms with Gasteiger partial charge >= 0.3 is 0 Å². The van der Waals surface area contributed by atoms with E-state index in [9.17, 15) is 10.1 Å². The number of nitrogen functional groups attached to an aromatic ring is 1. The van der Waals surface area contributed by atoms with Gasteiger partial charge in [-0.2, -0.15) is 15.0 Å². The Balaban J connectivity index is 1.75. The zero-order chi connectivity index (χ0) is 17.6. The molecule has 132 valence electrons. The highest BCUT2D eigenvalue weighted by molar-refractivity contribution is 5.57. The lowest BCUT2D eigenvalue weighted by atomic mass is 9.96. The molecule has 1 aromatic heterocycles. The van der Waals surface area contributed by atoms with Crippen LogP contribution in [-0.4, -0.2) is 25.9 Å². The van der Waals surface area contributed by atoms with Crippen LogP contribution in [0, 0.1) is 10.1 Å². The lowest BCUT2D eigenvalue weighted by Gasteiger charge is -2.22. The number of nitro groups is 1. The second-order valence-corrected chi connectivity index (χ2v) is 5.86. The van der Waals surface area contributed by atoms with Crippen molar-refractivity contribution in [2.75, 3.05) is 16.1 Å². The first-order valence-electron chi connectivity index (χ1n) is 8.15. The van der Waals surface area contributed by atoms with Gasteiger partial charge in [0.25, 0.3) is 5.69 Å². The van der Waals surface area contributed by atoms with E-state index >= 15 is 0 Å². The fraction of sp³-hybridized carbons (Fsp3) is 0.400. The number of non-ortho nitro benzene ring substituents is 1. The molecular weight excluding hydrogens is 324 g/mol. The summed E-state index contributed by atoms with van der Waals surface area (Å²) in [6, 6.07) is 6.34. The standard InChI is InChI=1S/C15H20N8O2/c16-22-15-20-13(17-10-4-2-1-3-5-10)19-14(21-15)18-11-6-8-12(9-7-11)23(24)25/h6-10H,1-5,16H2,(H3,17,18,19,20,21,22). The van der Waals surface area contributed by atoms with Crippen molar-refractivity contribution in [3.8, 4) is 0 Å². The second-order valence-electron chi connectivity index (χ2n) is 5.86. The van der Waals surface area contributed by atoms with E-state index in [-0.39, 0.29) is 11.6 Å². The summed E-state index contributed by atoms with van der Waals surface area (Å²) < 4.78 is 0. The van der Waals surface area contributed by atoms with Gasteiger partial charge < -0.3 is 10.6 Å². The molecule has 1 saturated carbocycles. The molecule has 0 unspecified atom stereocenters. The SMILES string of the molecule is NNc1nc(Nc2ccc([N+](=O)[O-])cc2)nc(NC2CCCCC2)n1. The van der Waals surface area contributed by atoms with Crippen LogP contribution in [0.5, 0.6) is 0 Å². The molecule has 10 heteroatoms. The molecule has 1 aliphatic carbocycles. The summed E-state index contributed by atoms with van der Waals surface area (Å²) >= 11 is 0. The Hall–Kier alpha value is -3.01. The van der Waals surface area contributed by atoms with Gasteiger partial charge in [0.2, 0.25) is 17.8 Å². The maximum atomic E-state index is 10.7. The van der Waals surface area contributed by atoms with Crippen molar-refractivity contribution >= 4 is 29.2 Å². The lowest BCUT2D eigenvalue weighted by Crippen LogP contribution is -2.24. The Bertz CT molecular complexity index is 731. The minimum Gasteiger partial charge on any atom is -0.351 e. The van der Waals surface area contributed by atoms with Crippen molar-refractivity contribution in [3.05, 3.63) is 34.4 Å². The summed E-state index contributed by atoms with van der Waals surface area (Å²) in [5, 5.41) is 17.0. The van der Waals surface area contributed by atoms with Crippen LogP contribution in [-0.2, 0) is 0 Å². The zero-order valence-electron chi connectivity index (χ0n) is 13.6. The molecule has 25 heavy (non-hydrogen) atoms. The molecule has 2 aromatic rings. The Morgan fingerprint density at radius 2 is 1.64 bits per heavy atom. The van der Waals surface area contributed by atoms with Gasteiger partial charge in [-0.25, -0.2) is 5.84 Å². The Kier molecular flexibility index (Phi) is 5.19. The fourth-order valence-corrected chi connectivity index (χ4v) is 2.79. The van der Waals surface area contributed by atoms with Gasteiger partial charge in [0.05, 0.1) is 4.92 Å². The van der Waals surface area contributed by atoms with Crippen LogP contribution < -0.4 is 21.9 Å². The summed E-state index contributed by atoms with van der Waals surface area (Å²) in [7, 11) is 0. The van der Waals surface area contributed by atoms with Crippen LogP contribution >= 0.6 is 0 Å². The highest BCUT2D eigenvalue weighted by Gasteiger charge is 2.15. The van der Waals surface area contributed by atoms with Crippen molar-refractivity contribution in [1.29, 1.82) is 0 Å². The van der Waals surface area contributed by atoms with Gasteiger partial charge in [0, 0.05) is 23.9 Å². The maximum Gasteiger partial charge on any atom is 0.269 e. The maximum absolute atomic E-state index is 10.7. The van der Waals surface area contributed by atoms with Crippen molar-refractivity contribution in [2.24, 2.45) is 5.84 Å². The predicted octanol–water partition coefficient (Wildman–Crippen LogP) is 2.55. The van der Waals surface area contributed by atoms with Crippen molar-refractivity contribution in [1.82, 2.24) is 15.0 Å². The van der Waals surface area contributed by atoms with E-state index in [0.29, 0.717) is 23.6 Å². The third-order valence-electron chi connectivity index (χ3n) is 4.04. The number of nitrogens with two attached hydrogens (primary N) is 1. The number of benzene rings is 1. The number of hydrazine groups is 1. The second kappa shape index (κ2) is 7.71. The predicted molar refractivity (Wildman–Crippen MR) is 94.5 cm³/mol. The molecule has 10 nitrogen and oxygen atoms in total. The molecule has 0 amide bonds. The number of hydrogen-bond donors (Lipinski definition) is 4. The summed E-state index contributed by atoms with van der Waals surface area (Å²) in [6.45, 7) is 0. The molecule has 3 rings (SSSR count). The lowest BCUT2D eigenvalue weighted by molar-refractivity contribution is -0.384. The molecule has 0 radical (unpaired) electrons. The van der Waals surface area contributed by atoms with Gasteiger partial charge in [-0.05, 0) is 25.0 Å². The third kappa shape index (κ3) is 4.51. The average Bonchev–Trinajstić information content (AvgIpc) is 2.63. The van der Waals surface area contributed by atoms with Crippen LogP contribution in [0.3, 0.4) is 0 Å². The monoisotopic (exact) mass is 344 g/mol. The van der Waals surface area contributed by atoms with E-state index in [4.69, 9.17) is 5.84 Å². The fourth-order valence-electron chi connectivity index (χ4n) is 2.79. The highest BCUT2D eigenvalue weighted by Crippen LogP contribution is 2.22. The summed E-state index contributed by atoms with van der Waals surface area (Å²) in [6.07, 6.45) is 5.82. The first-order valence-corrected chi connectivity index (χ1v) is 8.15. The number of anilines is 4. The van der Waals surface area contributed by atoms with Gasteiger partial charge in [0.1, 0.15) is 0 Å². The molecule has 1 heterocycles. The Morgan fingerprint density at radius 1 is 1.00 bits per heavy atom. The molecule has 0 atom stereocenters. The molecule has 0 aliphatic heterocycles. The molecule has 0 spiro atoms. The van der Waals surface area contributed by atoms with Gasteiger partial charge in [0.15, 0.2) is 0 Å². The van der Waals surface area contributed by atoms with Crippen molar-refractivity contribution in [3.63, 3.8) is 0 Å². The summed E-state index contributed by atoms with van der Waals surface area (Å²) in [5.74, 6) is 6.41. The number of nitro benzene ring substituents is 1. The Labute approximate surface area is 144 Å². The van der Waals surface area contributed by atoms with Crippen LogP contribution in [0.2, 0.25) is 0 Å². The molecule has 1 aliphatic rings. The topological polar surface area (TPSA) is 144 Å². The first-order chi connectivity index (χ1) is 12.1. The van der Waals surface area contributed by atoms with Crippen molar-refractivity contribution < 1.29 is 4.92 Å². The zero-order valence-corrected chi connectivity index (χ0v) is 13.6. The smallest absolute Gasteiger partial charge is 0.269 e. The molecule has 0 saturated heterocycles. The van der Waals surface area contributed by atoms with Gasteiger partial charge in [-0.3, -0.25) is 15.5 Å². The van der Waals surface area contributed by atoms with Gasteiger partial charge in [-0.1, -0.05) is 19.3 Å². The summed E-state index contributed by atoms with van der Waals surface area (Å²) in [5.41, 5.74) is 3.07. The molecule has 1 aromatic carbocycles. The molecular formula is C15H20N8O2. The van der Waals surface area contributed by atoms with E-state index in [0.717, 1.165) is 12.8 Å². The molecule has 5 N–H and O–H groups in total. The van der Waals surface area contributed by atoms with E-state index < -0.39 is 4.92 Å². The van der Waals surface area contributed by atoms with E-state index in [1.807, 2.05) is 0 Å². The van der Waals surface area contributed by atoms with E-state index in [1.165, 1.54) is 31.4 Å². The largest absolute Gasteiger partial charge is 0.351 e. The quantitative estimate of drug-likeness (QED) is 0.353. The van der Waals surface area contributed by atoms with Gasteiger partial charge in [-0.15, -0.1) is 0 Å². The number of rotatable bonds is 6. The number of aromatic nitrogens is 3. The number of hydrogen-bond acceptors (Lipinski definition) is 9. The normalized spacial score (nSPS) is 14.8. The van der Waals surface area contributed by atoms with E-state index in [1.54, 1.807) is 12.1 Å². The van der Waals surface area contributed by atoms with Crippen LogP contribution in [0.25, 0.3) is 0 Å².